The minimum atomic E-state index is -0.869. The minimum Gasteiger partial charge on any atom is -0.487 e. The number of esters is 1. The van der Waals surface area contributed by atoms with Gasteiger partial charge >= 0.3 is 12.0 Å². The van der Waals surface area contributed by atoms with E-state index in [4.69, 9.17) is 21.1 Å². The quantitative estimate of drug-likeness (QED) is 0.483. The summed E-state index contributed by atoms with van der Waals surface area (Å²) in [6.07, 6.45) is 3.04. The Balaban J connectivity index is 1.64. The van der Waals surface area contributed by atoms with E-state index in [0.717, 1.165) is 18.2 Å². The molecule has 0 aliphatic carbocycles. The molecule has 3 aromatic rings. The third kappa shape index (κ3) is 5.68. The largest absolute Gasteiger partial charge is 0.487 e. The van der Waals surface area contributed by atoms with Crippen molar-refractivity contribution in [3.05, 3.63) is 106 Å². The van der Waals surface area contributed by atoms with Gasteiger partial charge in [0.25, 0.3) is 0 Å². The van der Waals surface area contributed by atoms with Crippen LogP contribution in [0.15, 0.2) is 78.3 Å². The molecule has 1 aliphatic rings. The van der Waals surface area contributed by atoms with Crippen LogP contribution in [-0.4, -0.2) is 23.6 Å². The molecule has 0 spiro atoms. The summed E-state index contributed by atoms with van der Waals surface area (Å²) in [5.74, 6) is -1.95. The van der Waals surface area contributed by atoms with Crippen molar-refractivity contribution in [1.82, 2.24) is 15.6 Å². The van der Waals surface area contributed by atoms with Crippen LogP contribution in [0.1, 0.15) is 17.2 Å². The zero-order valence-corrected chi connectivity index (χ0v) is 18.3. The molecule has 1 aromatic heterocycles. The number of rotatable bonds is 7. The molecule has 2 aromatic carbocycles. The predicted octanol–water partition coefficient (Wildman–Crippen LogP) is 4.44. The van der Waals surface area contributed by atoms with Gasteiger partial charge in [0.15, 0.2) is 0 Å². The van der Waals surface area contributed by atoms with E-state index in [1.54, 1.807) is 36.4 Å². The summed E-state index contributed by atoms with van der Waals surface area (Å²) >= 11 is 5.99. The molecule has 1 unspecified atom stereocenters. The Morgan fingerprint density at radius 1 is 1.03 bits per heavy atom. The zero-order valence-electron chi connectivity index (χ0n) is 17.6. The SMILES string of the molecule is O=C1NC(COc2cccc(Cl)c2)=C(C(=O)OCc2cc(F)cc(F)c2)C(c2ccncc2)N1. The van der Waals surface area contributed by atoms with Gasteiger partial charge < -0.3 is 20.1 Å². The molecule has 10 heteroatoms. The van der Waals surface area contributed by atoms with Gasteiger partial charge in [-0.05, 0) is 53.6 Å². The van der Waals surface area contributed by atoms with Crippen molar-refractivity contribution < 1.29 is 27.8 Å². The Labute approximate surface area is 198 Å². The second kappa shape index (κ2) is 10.3. The van der Waals surface area contributed by atoms with Crippen LogP contribution >= 0.6 is 11.6 Å². The van der Waals surface area contributed by atoms with Gasteiger partial charge in [-0.2, -0.15) is 0 Å². The number of carbonyl (C=O) groups excluding carboxylic acids is 2. The first-order valence-corrected chi connectivity index (χ1v) is 10.5. The highest BCUT2D eigenvalue weighted by atomic mass is 35.5. The van der Waals surface area contributed by atoms with Crippen LogP contribution in [0.4, 0.5) is 13.6 Å². The Kier molecular flexibility index (Phi) is 7.03. The summed E-state index contributed by atoms with van der Waals surface area (Å²) in [5, 5.41) is 5.72. The number of ether oxygens (including phenoxy) is 2. The summed E-state index contributed by atoms with van der Waals surface area (Å²) in [4.78, 5) is 29.5. The van der Waals surface area contributed by atoms with Gasteiger partial charge in [-0.25, -0.2) is 18.4 Å². The number of amides is 2. The molecule has 7 nitrogen and oxygen atoms in total. The van der Waals surface area contributed by atoms with Gasteiger partial charge in [0.05, 0.1) is 17.3 Å². The van der Waals surface area contributed by atoms with Crippen LogP contribution < -0.4 is 15.4 Å². The van der Waals surface area contributed by atoms with E-state index in [0.29, 0.717) is 16.3 Å². The van der Waals surface area contributed by atoms with E-state index in [1.165, 1.54) is 12.4 Å². The number of hydrogen-bond acceptors (Lipinski definition) is 5. The van der Waals surface area contributed by atoms with Gasteiger partial charge in [-0.3, -0.25) is 4.98 Å². The fraction of sp³-hybridized carbons (Fsp3) is 0.125. The lowest BCUT2D eigenvalue weighted by atomic mass is 9.96. The van der Waals surface area contributed by atoms with Crippen molar-refractivity contribution in [1.29, 1.82) is 0 Å². The molecule has 1 aliphatic heterocycles. The van der Waals surface area contributed by atoms with Gasteiger partial charge in [0.1, 0.15) is 30.6 Å². The first-order valence-electron chi connectivity index (χ1n) is 10.1. The maximum Gasteiger partial charge on any atom is 0.338 e. The maximum absolute atomic E-state index is 13.5. The van der Waals surface area contributed by atoms with Crippen LogP contribution in [0.25, 0.3) is 0 Å². The molecule has 0 radical (unpaired) electrons. The molecule has 1 atom stereocenters. The Morgan fingerprint density at radius 3 is 2.47 bits per heavy atom. The normalized spacial score (nSPS) is 15.4. The molecule has 0 saturated carbocycles. The van der Waals surface area contributed by atoms with Crippen molar-refractivity contribution in [2.45, 2.75) is 12.6 Å². The predicted molar refractivity (Wildman–Crippen MR) is 119 cm³/mol. The maximum atomic E-state index is 13.5. The van der Waals surface area contributed by atoms with E-state index in [-0.39, 0.29) is 30.0 Å². The number of aromatic nitrogens is 1. The van der Waals surface area contributed by atoms with Gasteiger partial charge in [0, 0.05) is 23.5 Å². The van der Waals surface area contributed by atoms with E-state index < -0.39 is 29.7 Å². The molecule has 0 fully saturated rings. The molecule has 34 heavy (non-hydrogen) atoms. The number of carbonyl (C=O) groups is 2. The minimum absolute atomic E-state index is 0.0738. The lowest BCUT2D eigenvalue weighted by Crippen LogP contribution is -2.47. The summed E-state index contributed by atoms with van der Waals surface area (Å²) < 4.78 is 38.1. The monoisotopic (exact) mass is 485 g/mol. The second-order valence-corrected chi connectivity index (χ2v) is 7.74. The van der Waals surface area contributed by atoms with E-state index in [1.807, 2.05) is 0 Å². The summed E-state index contributed by atoms with van der Waals surface area (Å²) in [5.41, 5.74) is 0.955. The summed E-state index contributed by atoms with van der Waals surface area (Å²) in [6.45, 7) is -0.551. The third-order valence-electron chi connectivity index (χ3n) is 4.88. The first-order chi connectivity index (χ1) is 16.4. The van der Waals surface area contributed by atoms with Crippen LogP contribution in [0.3, 0.4) is 0 Å². The highest BCUT2D eigenvalue weighted by molar-refractivity contribution is 6.30. The number of pyridine rings is 1. The second-order valence-electron chi connectivity index (χ2n) is 7.30. The highest BCUT2D eigenvalue weighted by Crippen LogP contribution is 2.28. The molecule has 2 amide bonds. The molecule has 2 heterocycles. The molecule has 4 rings (SSSR count). The van der Waals surface area contributed by atoms with Crippen LogP contribution in [0.2, 0.25) is 5.02 Å². The lowest BCUT2D eigenvalue weighted by Gasteiger charge is -2.29. The molecule has 0 bridgehead atoms. The lowest BCUT2D eigenvalue weighted by molar-refractivity contribution is -0.140. The van der Waals surface area contributed by atoms with Crippen molar-refractivity contribution in [3.8, 4) is 5.75 Å². The number of nitrogens with zero attached hydrogens (tertiary/aromatic N) is 1. The number of halogens is 3. The van der Waals surface area contributed by atoms with Crippen LogP contribution in [0, 0.1) is 11.6 Å². The topological polar surface area (TPSA) is 89.5 Å². The van der Waals surface area contributed by atoms with Crippen molar-refractivity contribution >= 4 is 23.6 Å². The van der Waals surface area contributed by atoms with Crippen molar-refractivity contribution in [3.63, 3.8) is 0 Å². The average molecular weight is 486 g/mol. The molecule has 0 saturated heterocycles. The van der Waals surface area contributed by atoms with Crippen LogP contribution in [-0.2, 0) is 16.1 Å². The Bertz CT molecular complexity index is 1230. The number of nitrogens with one attached hydrogen (secondary N) is 2. The van der Waals surface area contributed by atoms with Gasteiger partial charge in [-0.15, -0.1) is 0 Å². The smallest absolute Gasteiger partial charge is 0.338 e. The Morgan fingerprint density at radius 2 is 1.76 bits per heavy atom. The van der Waals surface area contributed by atoms with Crippen molar-refractivity contribution in [2.75, 3.05) is 6.61 Å². The third-order valence-corrected chi connectivity index (χ3v) is 5.12. The highest BCUT2D eigenvalue weighted by Gasteiger charge is 2.34. The standard InChI is InChI=1S/C24H18ClF2N3O4/c25-16-2-1-3-19(10-16)33-13-20-21(22(30-24(32)29-20)15-4-6-28-7-5-15)23(31)34-12-14-8-17(26)11-18(27)9-14/h1-11,22H,12-13H2,(H2,29,30,32). The van der Waals surface area contributed by atoms with Crippen LogP contribution in [0.5, 0.6) is 5.75 Å². The van der Waals surface area contributed by atoms with Crippen molar-refractivity contribution in [2.24, 2.45) is 0 Å². The van der Waals surface area contributed by atoms with E-state index in [9.17, 15) is 18.4 Å². The molecule has 174 valence electrons. The van der Waals surface area contributed by atoms with E-state index in [2.05, 4.69) is 15.6 Å². The molecular weight excluding hydrogens is 468 g/mol. The first kappa shape index (κ1) is 23.2. The number of hydrogen-bond donors (Lipinski definition) is 2. The number of benzene rings is 2. The molecule has 2 N–H and O–H groups in total. The van der Waals surface area contributed by atoms with Gasteiger partial charge in [-0.1, -0.05) is 17.7 Å². The Hall–Kier alpha value is -3.98. The number of urea groups is 1. The van der Waals surface area contributed by atoms with Gasteiger partial charge in [0.2, 0.25) is 0 Å². The fourth-order valence-electron chi connectivity index (χ4n) is 3.41. The zero-order chi connectivity index (χ0) is 24.1. The summed E-state index contributed by atoms with van der Waals surface area (Å²) in [6, 6.07) is 11.3. The average Bonchev–Trinajstić information content (AvgIpc) is 2.81. The summed E-state index contributed by atoms with van der Waals surface area (Å²) in [7, 11) is 0. The molecular formula is C24H18ClF2N3O4. The fourth-order valence-corrected chi connectivity index (χ4v) is 3.59. The van der Waals surface area contributed by atoms with E-state index >= 15 is 0 Å².